The van der Waals surface area contributed by atoms with Crippen molar-refractivity contribution in [3.8, 4) is 0 Å². The Morgan fingerprint density at radius 1 is 1.11 bits per heavy atom. The van der Waals surface area contributed by atoms with Crippen molar-refractivity contribution in [1.29, 1.82) is 0 Å². The number of nitrogens with zero attached hydrogens (tertiary/aromatic N) is 1. The second kappa shape index (κ2) is 5.70. The summed E-state index contributed by atoms with van der Waals surface area (Å²) in [6.07, 6.45) is 0. The normalized spacial score (nSPS) is 20.8. The number of Topliss-reactive ketones (excluding diaryl/α,β-unsaturated/α-hetero) is 1. The van der Waals surface area contributed by atoms with Gasteiger partial charge in [-0.2, -0.15) is 0 Å². The lowest BCUT2D eigenvalue weighted by Gasteiger charge is -2.38. The average Bonchev–Trinajstić information content (AvgIpc) is 2.23. The minimum Gasteiger partial charge on any atom is -0.379 e. The van der Waals surface area contributed by atoms with E-state index in [9.17, 15) is 4.79 Å². The molecule has 0 bridgehead atoms. The van der Waals surface area contributed by atoms with E-state index < -0.39 is 0 Å². The largest absolute Gasteiger partial charge is 0.379 e. The van der Waals surface area contributed by atoms with Gasteiger partial charge in [0, 0.05) is 31.0 Å². The fourth-order valence-corrected chi connectivity index (χ4v) is 2.31. The fourth-order valence-electron chi connectivity index (χ4n) is 2.31. The highest BCUT2D eigenvalue weighted by Gasteiger charge is 2.38. The quantitative estimate of drug-likeness (QED) is 0.776. The first kappa shape index (κ1) is 15.6. The van der Waals surface area contributed by atoms with E-state index in [0.717, 1.165) is 32.8 Å². The molecule has 3 heteroatoms. The minimum atomic E-state index is -0.260. The first-order valence-electron chi connectivity index (χ1n) is 6.97. The standard InChI is InChI=1S/C15H29NO2/c1-14(2,3)12(13(17)15(4,5)6)11-16-7-9-18-10-8-16/h12H,7-11H2,1-6H3/t12-/m0/s1. The summed E-state index contributed by atoms with van der Waals surface area (Å²) < 4.78 is 5.37. The molecule has 0 aromatic rings. The van der Waals surface area contributed by atoms with Crippen LogP contribution in [0.1, 0.15) is 41.5 Å². The lowest BCUT2D eigenvalue weighted by atomic mass is 9.71. The molecule has 1 fully saturated rings. The lowest BCUT2D eigenvalue weighted by Crippen LogP contribution is -2.47. The fraction of sp³-hybridized carbons (Fsp3) is 0.933. The van der Waals surface area contributed by atoms with Gasteiger partial charge in [-0.05, 0) is 5.41 Å². The Morgan fingerprint density at radius 2 is 1.61 bits per heavy atom. The molecule has 0 spiro atoms. The molecule has 0 aromatic carbocycles. The van der Waals surface area contributed by atoms with Crippen molar-refractivity contribution in [2.75, 3.05) is 32.8 Å². The van der Waals surface area contributed by atoms with Crippen LogP contribution in [0, 0.1) is 16.7 Å². The Hall–Kier alpha value is -0.410. The molecule has 1 aliphatic heterocycles. The zero-order chi connectivity index (χ0) is 14.0. The Morgan fingerprint density at radius 3 is 2.00 bits per heavy atom. The highest BCUT2D eigenvalue weighted by Crippen LogP contribution is 2.33. The molecular formula is C15H29NO2. The van der Waals surface area contributed by atoms with Crippen molar-refractivity contribution in [2.24, 2.45) is 16.7 Å². The van der Waals surface area contributed by atoms with E-state index in [-0.39, 0.29) is 16.7 Å². The van der Waals surface area contributed by atoms with Gasteiger partial charge in [0.2, 0.25) is 0 Å². The van der Waals surface area contributed by atoms with Crippen LogP contribution < -0.4 is 0 Å². The Bertz CT molecular complexity index is 280. The number of morpholine rings is 1. The molecule has 0 amide bonds. The van der Waals surface area contributed by atoms with Crippen LogP contribution in [-0.2, 0) is 9.53 Å². The Kier molecular flexibility index (Phi) is 4.96. The molecule has 106 valence electrons. The molecule has 1 heterocycles. The molecule has 18 heavy (non-hydrogen) atoms. The number of ketones is 1. The maximum Gasteiger partial charge on any atom is 0.143 e. The molecule has 0 unspecified atom stereocenters. The summed E-state index contributed by atoms with van der Waals surface area (Å²) in [6, 6.07) is 0. The van der Waals surface area contributed by atoms with E-state index in [0.29, 0.717) is 5.78 Å². The first-order chi connectivity index (χ1) is 8.12. The molecule has 1 aliphatic rings. The zero-order valence-corrected chi connectivity index (χ0v) is 12.9. The predicted octanol–water partition coefficient (Wildman–Crippen LogP) is 2.60. The zero-order valence-electron chi connectivity index (χ0n) is 12.9. The second-order valence-corrected chi connectivity index (χ2v) is 7.45. The van der Waals surface area contributed by atoms with Crippen LogP contribution in [0.15, 0.2) is 0 Å². The molecule has 3 nitrogen and oxygen atoms in total. The topological polar surface area (TPSA) is 29.5 Å². The third-order valence-electron chi connectivity index (χ3n) is 3.65. The number of hydrogen-bond acceptors (Lipinski definition) is 3. The van der Waals surface area contributed by atoms with Crippen LogP contribution in [0.2, 0.25) is 0 Å². The summed E-state index contributed by atoms with van der Waals surface area (Å²) in [5, 5.41) is 0. The maximum atomic E-state index is 12.6. The van der Waals surface area contributed by atoms with Crippen LogP contribution in [-0.4, -0.2) is 43.5 Å². The summed E-state index contributed by atoms with van der Waals surface area (Å²) in [4.78, 5) is 15.0. The number of carbonyl (C=O) groups is 1. The molecule has 0 N–H and O–H groups in total. The van der Waals surface area contributed by atoms with Crippen molar-refractivity contribution >= 4 is 5.78 Å². The SMILES string of the molecule is CC(C)(C)C(=O)[C@H](CN1CCOCC1)C(C)(C)C. The second-order valence-electron chi connectivity index (χ2n) is 7.45. The molecule has 0 aromatic heterocycles. The maximum absolute atomic E-state index is 12.6. The van der Waals surface area contributed by atoms with Crippen molar-refractivity contribution < 1.29 is 9.53 Å². The van der Waals surface area contributed by atoms with Gasteiger partial charge in [-0.3, -0.25) is 9.69 Å². The number of ether oxygens (including phenoxy) is 1. The van der Waals surface area contributed by atoms with E-state index in [1.165, 1.54) is 0 Å². The van der Waals surface area contributed by atoms with Crippen LogP contribution in [0.4, 0.5) is 0 Å². The minimum absolute atomic E-state index is 0.0165. The van der Waals surface area contributed by atoms with E-state index in [4.69, 9.17) is 4.74 Å². The summed E-state index contributed by atoms with van der Waals surface area (Å²) in [7, 11) is 0. The third kappa shape index (κ3) is 4.36. The molecule has 1 atom stereocenters. The van der Waals surface area contributed by atoms with E-state index in [1.54, 1.807) is 0 Å². The molecule has 0 aliphatic carbocycles. The summed E-state index contributed by atoms with van der Waals surface area (Å²) in [5.74, 6) is 0.470. The van der Waals surface area contributed by atoms with E-state index >= 15 is 0 Å². The van der Waals surface area contributed by atoms with E-state index in [1.807, 2.05) is 20.8 Å². The van der Waals surface area contributed by atoms with Crippen molar-refractivity contribution in [2.45, 2.75) is 41.5 Å². The van der Waals surface area contributed by atoms with Crippen molar-refractivity contribution in [3.05, 3.63) is 0 Å². The van der Waals surface area contributed by atoms with Gasteiger partial charge in [0.05, 0.1) is 13.2 Å². The molecule has 0 saturated carbocycles. The average molecular weight is 255 g/mol. The lowest BCUT2D eigenvalue weighted by molar-refractivity contribution is -0.135. The molecular weight excluding hydrogens is 226 g/mol. The highest BCUT2D eigenvalue weighted by molar-refractivity contribution is 5.86. The Labute approximate surface area is 112 Å². The van der Waals surface area contributed by atoms with Gasteiger partial charge in [-0.25, -0.2) is 0 Å². The van der Waals surface area contributed by atoms with Gasteiger partial charge in [0.25, 0.3) is 0 Å². The Balaban J connectivity index is 2.76. The molecule has 1 rings (SSSR count). The van der Waals surface area contributed by atoms with E-state index in [2.05, 4.69) is 25.7 Å². The van der Waals surface area contributed by atoms with Crippen LogP contribution in [0.5, 0.6) is 0 Å². The smallest absolute Gasteiger partial charge is 0.143 e. The van der Waals surface area contributed by atoms with Crippen LogP contribution in [0.25, 0.3) is 0 Å². The number of carbonyl (C=O) groups excluding carboxylic acids is 1. The van der Waals surface area contributed by atoms with Crippen molar-refractivity contribution in [1.82, 2.24) is 4.90 Å². The highest BCUT2D eigenvalue weighted by atomic mass is 16.5. The number of hydrogen-bond donors (Lipinski definition) is 0. The van der Waals surface area contributed by atoms with Crippen LogP contribution in [0.3, 0.4) is 0 Å². The van der Waals surface area contributed by atoms with Gasteiger partial charge in [-0.1, -0.05) is 41.5 Å². The van der Waals surface area contributed by atoms with Crippen molar-refractivity contribution in [3.63, 3.8) is 0 Å². The molecule has 1 saturated heterocycles. The van der Waals surface area contributed by atoms with Crippen LogP contribution >= 0.6 is 0 Å². The van der Waals surface area contributed by atoms with Gasteiger partial charge in [0.1, 0.15) is 5.78 Å². The molecule has 0 radical (unpaired) electrons. The van der Waals surface area contributed by atoms with Gasteiger partial charge in [0.15, 0.2) is 0 Å². The van der Waals surface area contributed by atoms with Gasteiger partial charge >= 0.3 is 0 Å². The summed E-state index contributed by atoms with van der Waals surface area (Å²) >= 11 is 0. The van der Waals surface area contributed by atoms with Gasteiger partial charge in [-0.15, -0.1) is 0 Å². The third-order valence-corrected chi connectivity index (χ3v) is 3.65. The van der Waals surface area contributed by atoms with Gasteiger partial charge < -0.3 is 4.74 Å². The summed E-state index contributed by atoms with van der Waals surface area (Å²) in [5.41, 5.74) is -0.243. The predicted molar refractivity (Wildman–Crippen MR) is 74.7 cm³/mol. The number of rotatable bonds is 3. The first-order valence-corrected chi connectivity index (χ1v) is 6.97. The summed E-state index contributed by atoms with van der Waals surface area (Å²) in [6.45, 7) is 16.9. The monoisotopic (exact) mass is 255 g/mol.